The smallest absolute Gasteiger partial charge is 0.253 e. The Morgan fingerprint density at radius 2 is 1.91 bits per heavy atom. The van der Waals surface area contributed by atoms with E-state index in [1.807, 2.05) is 4.90 Å². The van der Waals surface area contributed by atoms with Gasteiger partial charge >= 0.3 is 0 Å². The minimum absolute atomic E-state index is 0.0587. The van der Waals surface area contributed by atoms with Crippen molar-refractivity contribution in [1.29, 1.82) is 0 Å². The van der Waals surface area contributed by atoms with Gasteiger partial charge in [-0.05, 0) is 0 Å². The first-order valence-electron chi connectivity index (χ1n) is 7.45. The molecule has 1 amide bonds. The van der Waals surface area contributed by atoms with Gasteiger partial charge in [0.05, 0.1) is 30.6 Å². The lowest BCUT2D eigenvalue weighted by Gasteiger charge is -2.37. The third-order valence-electron chi connectivity index (χ3n) is 4.04. The van der Waals surface area contributed by atoms with Gasteiger partial charge in [-0.2, -0.15) is 0 Å². The maximum absolute atomic E-state index is 13.2. The molecule has 2 aliphatic heterocycles. The molecule has 0 bridgehead atoms. The van der Waals surface area contributed by atoms with Gasteiger partial charge in [-0.15, -0.1) is 0 Å². The van der Waals surface area contributed by atoms with Crippen molar-refractivity contribution in [2.45, 2.75) is 24.9 Å². The lowest BCUT2D eigenvalue weighted by atomic mass is 10.1. The number of piperidine rings is 1. The highest BCUT2D eigenvalue weighted by atomic mass is 35.5. The Bertz CT molecular complexity index is 562. The molecular formula is C14H17ClF2N4O2. The van der Waals surface area contributed by atoms with Crippen molar-refractivity contribution in [2.75, 3.05) is 37.7 Å². The topological polar surface area (TPSA) is 58.6 Å². The van der Waals surface area contributed by atoms with Crippen molar-refractivity contribution in [3.8, 4) is 0 Å². The molecule has 6 nitrogen and oxygen atoms in total. The first-order chi connectivity index (χ1) is 10.9. The zero-order chi connectivity index (χ0) is 16.4. The number of rotatable bonds is 2. The van der Waals surface area contributed by atoms with Gasteiger partial charge < -0.3 is 14.5 Å². The third-order valence-corrected chi connectivity index (χ3v) is 4.23. The van der Waals surface area contributed by atoms with Crippen LogP contribution >= 0.6 is 11.6 Å². The second-order valence-electron chi connectivity index (χ2n) is 5.69. The summed E-state index contributed by atoms with van der Waals surface area (Å²) >= 11 is 5.76. The number of likely N-dealkylation sites (tertiary alicyclic amines) is 1. The Morgan fingerprint density at radius 1 is 1.26 bits per heavy atom. The number of ether oxygens (including phenoxy) is 1. The number of hydrogen-bond donors (Lipinski definition) is 0. The number of amides is 1. The Balaban J connectivity index is 1.62. The maximum atomic E-state index is 13.2. The largest absolute Gasteiger partial charge is 0.365 e. The molecule has 0 radical (unpaired) electrons. The number of aromatic nitrogens is 2. The Kier molecular flexibility index (Phi) is 4.63. The van der Waals surface area contributed by atoms with E-state index in [1.54, 1.807) is 0 Å². The number of halogens is 3. The van der Waals surface area contributed by atoms with E-state index in [2.05, 4.69) is 9.97 Å². The van der Waals surface area contributed by atoms with Gasteiger partial charge in [0.25, 0.3) is 11.8 Å². The molecule has 0 spiro atoms. The minimum Gasteiger partial charge on any atom is -0.365 e. The summed E-state index contributed by atoms with van der Waals surface area (Å²) in [7, 11) is 0. The fourth-order valence-electron chi connectivity index (χ4n) is 2.71. The molecule has 9 heteroatoms. The van der Waals surface area contributed by atoms with Crippen LogP contribution < -0.4 is 4.90 Å². The zero-order valence-corrected chi connectivity index (χ0v) is 13.2. The molecule has 1 unspecified atom stereocenters. The number of anilines is 1. The molecule has 2 saturated heterocycles. The van der Waals surface area contributed by atoms with E-state index >= 15 is 0 Å². The minimum atomic E-state index is -2.67. The zero-order valence-electron chi connectivity index (χ0n) is 12.4. The standard InChI is InChI=1S/C14H17ClF2N4O2/c15-10-7-18-13(19-8-10)21-5-6-23-11(9-21)12(22)20-3-1-14(16,17)2-4-20/h7-8,11H,1-6,9H2. The Morgan fingerprint density at radius 3 is 2.57 bits per heavy atom. The first-order valence-corrected chi connectivity index (χ1v) is 7.83. The summed E-state index contributed by atoms with van der Waals surface area (Å²) in [6.07, 6.45) is 1.70. The van der Waals surface area contributed by atoms with Gasteiger partial charge in [-0.25, -0.2) is 18.7 Å². The fourth-order valence-corrected chi connectivity index (χ4v) is 2.80. The number of carbonyl (C=O) groups excluding carboxylic acids is 1. The molecule has 2 aliphatic rings. The van der Waals surface area contributed by atoms with Crippen LogP contribution in [0.1, 0.15) is 12.8 Å². The summed E-state index contributed by atoms with van der Waals surface area (Å²) in [5.41, 5.74) is 0. The number of nitrogens with zero attached hydrogens (tertiary/aromatic N) is 4. The summed E-state index contributed by atoms with van der Waals surface area (Å²) < 4.78 is 31.9. The molecule has 0 aliphatic carbocycles. The van der Waals surface area contributed by atoms with E-state index in [9.17, 15) is 13.6 Å². The van der Waals surface area contributed by atoms with Gasteiger partial charge in [0.2, 0.25) is 5.95 Å². The Hall–Kier alpha value is -1.54. The monoisotopic (exact) mass is 346 g/mol. The molecule has 126 valence electrons. The van der Waals surface area contributed by atoms with E-state index < -0.39 is 12.0 Å². The average Bonchev–Trinajstić information content (AvgIpc) is 2.55. The lowest BCUT2D eigenvalue weighted by Crippen LogP contribution is -2.53. The van der Waals surface area contributed by atoms with E-state index in [0.29, 0.717) is 30.7 Å². The van der Waals surface area contributed by atoms with Crippen LogP contribution in [0.25, 0.3) is 0 Å². The molecule has 3 rings (SSSR count). The van der Waals surface area contributed by atoms with Crippen molar-refractivity contribution in [1.82, 2.24) is 14.9 Å². The highest BCUT2D eigenvalue weighted by Crippen LogP contribution is 2.28. The van der Waals surface area contributed by atoms with Crippen LogP contribution in [0.15, 0.2) is 12.4 Å². The van der Waals surface area contributed by atoms with Crippen LogP contribution in [-0.4, -0.2) is 65.6 Å². The van der Waals surface area contributed by atoms with Crippen molar-refractivity contribution in [3.05, 3.63) is 17.4 Å². The summed E-state index contributed by atoms with van der Waals surface area (Å²) in [4.78, 5) is 24.0. The van der Waals surface area contributed by atoms with Crippen LogP contribution in [0.4, 0.5) is 14.7 Å². The van der Waals surface area contributed by atoms with Gasteiger partial charge in [0.1, 0.15) is 0 Å². The summed E-state index contributed by atoms with van der Waals surface area (Å²) in [6, 6.07) is 0. The summed E-state index contributed by atoms with van der Waals surface area (Å²) in [5.74, 6) is -2.45. The van der Waals surface area contributed by atoms with Gasteiger partial charge in [0, 0.05) is 32.5 Å². The normalized spacial score (nSPS) is 24.6. The van der Waals surface area contributed by atoms with Crippen molar-refractivity contribution in [2.24, 2.45) is 0 Å². The molecule has 1 atom stereocenters. The molecule has 3 heterocycles. The van der Waals surface area contributed by atoms with Crippen molar-refractivity contribution in [3.63, 3.8) is 0 Å². The first kappa shape index (κ1) is 16.3. The van der Waals surface area contributed by atoms with Gasteiger partial charge in [0.15, 0.2) is 6.10 Å². The number of hydrogen-bond acceptors (Lipinski definition) is 5. The van der Waals surface area contributed by atoms with Gasteiger partial charge in [-0.3, -0.25) is 4.79 Å². The molecule has 23 heavy (non-hydrogen) atoms. The van der Waals surface area contributed by atoms with Crippen LogP contribution in [0.5, 0.6) is 0 Å². The summed E-state index contributed by atoms with van der Waals surface area (Å²) in [6.45, 7) is 1.33. The molecule has 2 fully saturated rings. The number of alkyl halides is 2. The van der Waals surface area contributed by atoms with E-state index in [4.69, 9.17) is 16.3 Å². The molecule has 0 N–H and O–H groups in total. The van der Waals surface area contributed by atoms with Crippen molar-refractivity contribution < 1.29 is 18.3 Å². The lowest BCUT2D eigenvalue weighted by molar-refractivity contribution is -0.150. The molecule has 0 saturated carbocycles. The van der Waals surface area contributed by atoms with E-state index in [0.717, 1.165) is 0 Å². The van der Waals surface area contributed by atoms with Crippen LogP contribution in [0.3, 0.4) is 0 Å². The average molecular weight is 347 g/mol. The molecule has 1 aromatic heterocycles. The molecular weight excluding hydrogens is 330 g/mol. The predicted molar refractivity (Wildman–Crippen MR) is 79.8 cm³/mol. The van der Waals surface area contributed by atoms with Crippen LogP contribution in [0.2, 0.25) is 5.02 Å². The highest BCUT2D eigenvalue weighted by molar-refractivity contribution is 6.30. The van der Waals surface area contributed by atoms with E-state index in [-0.39, 0.29) is 31.8 Å². The maximum Gasteiger partial charge on any atom is 0.253 e. The summed E-state index contributed by atoms with van der Waals surface area (Å²) in [5, 5.41) is 0.434. The quantitative estimate of drug-likeness (QED) is 0.814. The molecule has 1 aromatic rings. The SMILES string of the molecule is O=C(C1CN(c2ncc(Cl)cn2)CCO1)N1CCC(F)(F)CC1. The van der Waals surface area contributed by atoms with Gasteiger partial charge in [-0.1, -0.05) is 11.6 Å². The Labute approximate surface area is 137 Å². The van der Waals surface area contributed by atoms with Crippen molar-refractivity contribution >= 4 is 23.5 Å². The highest BCUT2D eigenvalue weighted by Gasteiger charge is 2.38. The second kappa shape index (κ2) is 6.52. The molecule has 0 aromatic carbocycles. The fraction of sp³-hybridized carbons (Fsp3) is 0.643. The number of carbonyl (C=O) groups is 1. The van der Waals surface area contributed by atoms with E-state index in [1.165, 1.54) is 17.3 Å². The second-order valence-corrected chi connectivity index (χ2v) is 6.12. The number of morpholine rings is 1. The van der Waals surface area contributed by atoms with Crippen LogP contribution in [0, 0.1) is 0 Å². The predicted octanol–water partition coefficient (Wildman–Crippen LogP) is 1.59. The third kappa shape index (κ3) is 3.87. The van der Waals surface area contributed by atoms with Crippen LogP contribution in [-0.2, 0) is 9.53 Å².